The molecule has 0 aliphatic rings. The average molecular weight is 524 g/mol. The third-order valence-electron chi connectivity index (χ3n) is 4.01. The van der Waals surface area contributed by atoms with Crippen LogP contribution < -0.4 is 15.4 Å². The molecule has 3 aromatic rings. The summed E-state index contributed by atoms with van der Waals surface area (Å²) in [6.07, 6.45) is 6.35. The number of rotatable bonds is 9. The maximum Gasteiger partial charge on any atom is 0.219 e. The molecule has 2 aromatic heterocycles. The van der Waals surface area contributed by atoms with Crippen LogP contribution in [-0.2, 0) is 13.1 Å². The minimum absolute atomic E-state index is 0. The molecule has 7 nitrogen and oxygen atoms in total. The first-order valence-electron chi connectivity index (χ1n) is 9.61. The molecular formula is C21H26FIN6O. The van der Waals surface area contributed by atoms with Gasteiger partial charge >= 0.3 is 0 Å². The Morgan fingerprint density at radius 3 is 2.73 bits per heavy atom. The fraction of sp³-hybridized carbons (Fsp3) is 0.286. The van der Waals surface area contributed by atoms with Gasteiger partial charge in [0.25, 0.3) is 0 Å². The molecule has 0 amide bonds. The summed E-state index contributed by atoms with van der Waals surface area (Å²) in [5.74, 6) is 1.43. The van der Waals surface area contributed by atoms with Gasteiger partial charge in [-0.2, -0.15) is 5.10 Å². The van der Waals surface area contributed by atoms with Gasteiger partial charge in [-0.25, -0.2) is 14.4 Å². The molecule has 0 fully saturated rings. The third-order valence-corrected chi connectivity index (χ3v) is 4.01. The molecule has 160 valence electrons. The van der Waals surface area contributed by atoms with E-state index in [1.807, 2.05) is 36.0 Å². The van der Waals surface area contributed by atoms with Crippen molar-refractivity contribution in [3.8, 4) is 11.6 Å². The first-order chi connectivity index (χ1) is 14.2. The summed E-state index contributed by atoms with van der Waals surface area (Å²) in [5, 5.41) is 10.8. The number of guanidine groups is 1. The lowest BCUT2D eigenvalue weighted by Gasteiger charge is -2.11. The highest BCUT2D eigenvalue weighted by Crippen LogP contribution is 2.20. The normalized spacial score (nSPS) is 10.9. The van der Waals surface area contributed by atoms with Crippen LogP contribution in [0.25, 0.3) is 0 Å². The van der Waals surface area contributed by atoms with Gasteiger partial charge in [-0.05, 0) is 55.3 Å². The molecule has 3 rings (SSSR count). The highest BCUT2D eigenvalue weighted by atomic mass is 127. The van der Waals surface area contributed by atoms with Crippen molar-refractivity contribution in [3.63, 3.8) is 0 Å². The van der Waals surface area contributed by atoms with Crippen molar-refractivity contribution < 1.29 is 9.13 Å². The fourth-order valence-corrected chi connectivity index (χ4v) is 2.62. The van der Waals surface area contributed by atoms with E-state index < -0.39 is 0 Å². The largest absolute Gasteiger partial charge is 0.439 e. The first-order valence-corrected chi connectivity index (χ1v) is 9.61. The van der Waals surface area contributed by atoms with Crippen molar-refractivity contribution >= 4 is 29.9 Å². The lowest BCUT2D eigenvalue weighted by atomic mass is 10.2. The SMILES string of the molecule is CCNC(=NCc1ccnc(Oc2ccc(F)cc2)c1)NCCCn1cccn1.I. The van der Waals surface area contributed by atoms with Gasteiger partial charge in [-0.1, -0.05) is 0 Å². The average Bonchev–Trinajstić information content (AvgIpc) is 3.25. The van der Waals surface area contributed by atoms with Crippen molar-refractivity contribution in [2.24, 2.45) is 4.99 Å². The number of halogens is 2. The van der Waals surface area contributed by atoms with Crippen LogP contribution in [0, 0.1) is 5.82 Å². The zero-order valence-corrected chi connectivity index (χ0v) is 19.1. The standard InChI is InChI=1S/C21H25FN6O.HI/c1-2-23-21(25-10-3-13-28-14-4-11-27-28)26-16-17-9-12-24-20(15-17)29-19-7-5-18(22)6-8-19;/h4-9,11-12,14-15H,2-3,10,13,16H2,1H3,(H2,23,25,26);1H. The predicted molar refractivity (Wildman–Crippen MR) is 126 cm³/mol. The molecule has 1 aromatic carbocycles. The molecule has 0 saturated heterocycles. The number of nitrogens with one attached hydrogen (secondary N) is 2. The number of ether oxygens (including phenoxy) is 1. The Bertz CT molecular complexity index is 902. The molecule has 0 aliphatic carbocycles. The summed E-state index contributed by atoms with van der Waals surface area (Å²) in [6, 6.07) is 11.5. The van der Waals surface area contributed by atoms with Gasteiger partial charge in [-0.3, -0.25) is 4.68 Å². The van der Waals surface area contributed by atoms with E-state index in [2.05, 4.69) is 25.7 Å². The Hall–Kier alpha value is -2.69. The summed E-state index contributed by atoms with van der Waals surface area (Å²) in [4.78, 5) is 8.82. The molecule has 0 atom stereocenters. The van der Waals surface area contributed by atoms with E-state index >= 15 is 0 Å². The number of hydrogen-bond acceptors (Lipinski definition) is 4. The van der Waals surface area contributed by atoms with Crippen molar-refractivity contribution in [2.45, 2.75) is 26.4 Å². The van der Waals surface area contributed by atoms with Crippen LogP contribution in [0.3, 0.4) is 0 Å². The molecule has 0 unspecified atom stereocenters. The topological polar surface area (TPSA) is 76.4 Å². The number of benzene rings is 1. The van der Waals surface area contributed by atoms with Gasteiger partial charge in [0, 0.05) is 44.3 Å². The lowest BCUT2D eigenvalue weighted by molar-refractivity contribution is 0.460. The van der Waals surface area contributed by atoms with E-state index in [4.69, 9.17) is 4.74 Å². The van der Waals surface area contributed by atoms with Crippen LogP contribution >= 0.6 is 24.0 Å². The minimum Gasteiger partial charge on any atom is -0.439 e. The van der Waals surface area contributed by atoms with Crippen LogP contribution in [-0.4, -0.2) is 33.8 Å². The van der Waals surface area contributed by atoms with Gasteiger partial charge in [-0.15, -0.1) is 24.0 Å². The smallest absolute Gasteiger partial charge is 0.219 e. The van der Waals surface area contributed by atoms with Gasteiger partial charge in [0.15, 0.2) is 5.96 Å². The first kappa shape index (κ1) is 23.6. The fourth-order valence-electron chi connectivity index (χ4n) is 2.62. The Balaban J connectivity index is 0.00000320. The Morgan fingerprint density at radius 2 is 2.00 bits per heavy atom. The quantitative estimate of drug-likeness (QED) is 0.192. The monoisotopic (exact) mass is 524 g/mol. The molecule has 0 saturated carbocycles. The molecule has 0 bridgehead atoms. The number of aryl methyl sites for hydroxylation is 1. The van der Waals surface area contributed by atoms with E-state index in [0.717, 1.165) is 37.6 Å². The third kappa shape index (κ3) is 7.97. The van der Waals surface area contributed by atoms with Crippen molar-refractivity contribution in [3.05, 3.63) is 72.4 Å². The maximum atomic E-state index is 13.0. The van der Waals surface area contributed by atoms with Crippen molar-refractivity contribution in [1.82, 2.24) is 25.4 Å². The number of pyridine rings is 1. The highest BCUT2D eigenvalue weighted by Gasteiger charge is 2.02. The van der Waals surface area contributed by atoms with E-state index in [-0.39, 0.29) is 29.8 Å². The zero-order valence-electron chi connectivity index (χ0n) is 16.8. The van der Waals surface area contributed by atoms with E-state index in [9.17, 15) is 4.39 Å². The minimum atomic E-state index is -0.304. The van der Waals surface area contributed by atoms with Crippen LogP contribution in [0.2, 0.25) is 0 Å². The van der Waals surface area contributed by atoms with Crippen molar-refractivity contribution in [2.75, 3.05) is 13.1 Å². The second kappa shape index (κ2) is 12.8. The summed E-state index contributed by atoms with van der Waals surface area (Å²) in [7, 11) is 0. The number of aliphatic imine (C=N–C) groups is 1. The number of aromatic nitrogens is 3. The molecule has 0 aliphatic heterocycles. The molecular weight excluding hydrogens is 498 g/mol. The Morgan fingerprint density at radius 1 is 1.17 bits per heavy atom. The second-order valence-electron chi connectivity index (χ2n) is 6.30. The number of hydrogen-bond donors (Lipinski definition) is 2. The second-order valence-corrected chi connectivity index (χ2v) is 6.30. The number of nitrogens with zero attached hydrogens (tertiary/aromatic N) is 4. The zero-order chi connectivity index (χ0) is 20.3. The van der Waals surface area contributed by atoms with Crippen LogP contribution in [0.15, 0.2) is 66.0 Å². The molecule has 0 spiro atoms. The molecule has 0 radical (unpaired) electrons. The van der Waals surface area contributed by atoms with Gasteiger partial charge < -0.3 is 15.4 Å². The summed E-state index contributed by atoms with van der Waals surface area (Å²) < 4.78 is 20.6. The van der Waals surface area contributed by atoms with E-state index in [1.54, 1.807) is 24.5 Å². The Kier molecular flexibility index (Phi) is 10.1. The molecule has 2 heterocycles. The summed E-state index contributed by atoms with van der Waals surface area (Å²) >= 11 is 0. The van der Waals surface area contributed by atoms with Crippen LogP contribution in [0.1, 0.15) is 18.9 Å². The Labute approximate surface area is 192 Å². The summed E-state index contributed by atoms with van der Waals surface area (Å²) in [6.45, 7) is 4.94. The molecule has 9 heteroatoms. The van der Waals surface area contributed by atoms with Gasteiger partial charge in [0.1, 0.15) is 11.6 Å². The maximum absolute atomic E-state index is 13.0. The highest BCUT2D eigenvalue weighted by molar-refractivity contribution is 14.0. The molecule has 2 N–H and O–H groups in total. The predicted octanol–water partition coefficient (Wildman–Crippen LogP) is 3.97. The van der Waals surface area contributed by atoms with Gasteiger partial charge in [0.05, 0.1) is 6.54 Å². The lowest BCUT2D eigenvalue weighted by Crippen LogP contribution is -2.38. The van der Waals surface area contributed by atoms with Crippen LogP contribution in [0.4, 0.5) is 4.39 Å². The van der Waals surface area contributed by atoms with E-state index in [0.29, 0.717) is 18.2 Å². The van der Waals surface area contributed by atoms with E-state index in [1.165, 1.54) is 12.1 Å². The summed E-state index contributed by atoms with van der Waals surface area (Å²) in [5.41, 5.74) is 0.964. The van der Waals surface area contributed by atoms with Gasteiger partial charge in [0.2, 0.25) is 5.88 Å². The molecule has 30 heavy (non-hydrogen) atoms. The van der Waals surface area contributed by atoms with Crippen LogP contribution in [0.5, 0.6) is 11.6 Å². The van der Waals surface area contributed by atoms with Crippen molar-refractivity contribution in [1.29, 1.82) is 0 Å².